The van der Waals surface area contributed by atoms with Crippen molar-refractivity contribution in [3.8, 4) is 11.4 Å². The molecule has 2 rings (SSSR count). The molecule has 0 spiro atoms. The molecule has 1 heterocycles. The molecule has 4 nitrogen and oxygen atoms in total. The molecular weight excluding hydrogens is 228 g/mol. The Morgan fingerprint density at radius 3 is 2.65 bits per heavy atom. The molecule has 0 atom stereocenters. The van der Waals surface area contributed by atoms with E-state index in [9.17, 15) is 8.78 Å². The Kier molecular flexibility index (Phi) is 3.43. The molecule has 0 saturated heterocycles. The second-order valence-electron chi connectivity index (χ2n) is 3.44. The standard InChI is InChI=1S/C11H11F2N3O/c1-17-6-5-16-7-14-15-11(16)10-8(12)3-2-4-9(10)13/h2-4,7H,5-6H2,1H3. The van der Waals surface area contributed by atoms with Gasteiger partial charge in [0, 0.05) is 13.7 Å². The van der Waals surface area contributed by atoms with Crippen molar-refractivity contribution in [1.82, 2.24) is 14.8 Å². The van der Waals surface area contributed by atoms with E-state index in [1.54, 1.807) is 11.7 Å². The number of benzene rings is 1. The lowest BCUT2D eigenvalue weighted by molar-refractivity contribution is 0.187. The Balaban J connectivity index is 2.43. The molecule has 2 aromatic rings. The van der Waals surface area contributed by atoms with Gasteiger partial charge in [0.15, 0.2) is 5.82 Å². The van der Waals surface area contributed by atoms with Gasteiger partial charge in [-0.3, -0.25) is 0 Å². The molecule has 1 aromatic carbocycles. The van der Waals surface area contributed by atoms with Crippen LogP contribution in [0, 0.1) is 11.6 Å². The molecule has 0 aliphatic rings. The van der Waals surface area contributed by atoms with Gasteiger partial charge in [-0.1, -0.05) is 6.07 Å². The van der Waals surface area contributed by atoms with Crippen LogP contribution in [0.2, 0.25) is 0 Å². The fourth-order valence-corrected chi connectivity index (χ4v) is 1.51. The van der Waals surface area contributed by atoms with E-state index in [4.69, 9.17) is 4.74 Å². The summed E-state index contributed by atoms with van der Waals surface area (Å²) in [4.78, 5) is 0. The third-order valence-electron chi connectivity index (χ3n) is 2.34. The number of methoxy groups -OCH3 is 1. The van der Waals surface area contributed by atoms with Crippen molar-refractivity contribution in [2.45, 2.75) is 6.54 Å². The lowest BCUT2D eigenvalue weighted by Gasteiger charge is -2.07. The molecular formula is C11H11F2N3O. The topological polar surface area (TPSA) is 39.9 Å². The zero-order valence-electron chi connectivity index (χ0n) is 9.23. The van der Waals surface area contributed by atoms with Crippen LogP contribution in [0.5, 0.6) is 0 Å². The number of aromatic nitrogens is 3. The van der Waals surface area contributed by atoms with Crippen LogP contribution in [0.4, 0.5) is 8.78 Å². The number of ether oxygens (including phenoxy) is 1. The fraction of sp³-hybridized carbons (Fsp3) is 0.273. The van der Waals surface area contributed by atoms with Gasteiger partial charge in [0.1, 0.15) is 18.0 Å². The highest BCUT2D eigenvalue weighted by molar-refractivity contribution is 5.56. The predicted molar refractivity (Wildman–Crippen MR) is 57.3 cm³/mol. The maximum Gasteiger partial charge on any atom is 0.169 e. The molecule has 0 N–H and O–H groups in total. The number of hydrogen-bond donors (Lipinski definition) is 0. The van der Waals surface area contributed by atoms with Crippen molar-refractivity contribution in [3.63, 3.8) is 0 Å². The Labute approximate surface area is 96.9 Å². The largest absolute Gasteiger partial charge is 0.383 e. The number of halogens is 2. The van der Waals surface area contributed by atoms with E-state index in [2.05, 4.69) is 10.2 Å². The van der Waals surface area contributed by atoms with E-state index in [1.807, 2.05) is 0 Å². The Morgan fingerprint density at radius 1 is 1.29 bits per heavy atom. The van der Waals surface area contributed by atoms with Crippen LogP contribution in [0.3, 0.4) is 0 Å². The van der Waals surface area contributed by atoms with Gasteiger partial charge >= 0.3 is 0 Å². The van der Waals surface area contributed by atoms with Crippen LogP contribution in [0.15, 0.2) is 24.5 Å². The summed E-state index contributed by atoms with van der Waals surface area (Å²) >= 11 is 0. The summed E-state index contributed by atoms with van der Waals surface area (Å²) in [6.07, 6.45) is 1.42. The molecule has 0 unspecified atom stereocenters. The van der Waals surface area contributed by atoms with E-state index in [1.165, 1.54) is 24.5 Å². The number of rotatable bonds is 4. The predicted octanol–water partition coefficient (Wildman–Crippen LogP) is 1.87. The monoisotopic (exact) mass is 239 g/mol. The van der Waals surface area contributed by atoms with Crippen molar-refractivity contribution in [1.29, 1.82) is 0 Å². The van der Waals surface area contributed by atoms with Crippen LogP contribution in [0.1, 0.15) is 0 Å². The highest BCUT2D eigenvalue weighted by Crippen LogP contribution is 2.23. The molecule has 0 aliphatic heterocycles. The Hall–Kier alpha value is -1.82. The van der Waals surface area contributed by atoms with Gasteiger partial charge in [-0.15, -0.1) is 10.2 Å². The van der Waals surface area contributed by atoms with Crippen molar-refractivity contribution in [3.05, 3.63) is 36.2 Å². The summed E-state index contributed by atoms with van der Waals surface area (Å²) in [5.74, 6) is -1.15. The second-order valence-corrected chi connectivity index (χ2v) is 3.44. The van der Waals surface area contributed by atoms with E-state index >= 15 is 0 Å². The third-order valence-corrected chi connectivity index (χ3v) is 2.34. The first-order valence-corrected chi connectivity index (χ1v) is 5.05. The van der Waals surface area contributed by atoms with Crippen LogP contribution < -0.4 is 0 Å². The molecule has 0 aliphatic carbocycles. The molecule has 17 heavy (non-hydrogen) atoms. The molecule has 90 valence electrons. The van der Waals surface area contributed by atoms with E-state index < -0.39 is 11.6 Å². The van der Waals surface area contributed by atoms with Crippen LogP contribution >= 0.6 is 0 Å². The number of hydrogen-bond acceptors (Lipinski definition) is 3. The highest BCUT2D eigenvalue weighted by Gasteiger charge is 2.16. The average molecular weight is 239 g/mol. The first-order valence-electron chi connectivity index (χ1n) is 5.05. The van der Waals surface area contributed by atoms with E-state index in [0.29, 0.717) is 13.2 Å². The summed E-state index contributed by atoms with van der Waals surface area (Å²) in [5, 5.41) is 7.40. The Morgan fingerprint density at radius 2 is 2.00 bits per heavy atom. The molecule has 1 aromatic heterocycles. The van der Waals surface area contributed by atoms with Crippen molar-refractivity contribution < 1.29 is 13.5 Å². The normalized spacial score (nSPS) is 10.8. The van der Waals surface area contributed by atoms with E-state index in [0.717, 1.165) is 0 Å². The maximum absolute atomic E-state index is 13.6. The van der Waals surface area contributed by atoms with Gasteiger partial charge in [0.2, 0.25) is 0 Å². The minimum Gasteiger partial charge on any atom is -0.383 e. The lowest BCUT2D eigenvalue weighted by atomic mass is 10.2. The van der Waals surface area contributed by atoms with Crippen LogP contribution in [-0.4, -0.2) is 28.5 Å². The minimum atomic E-state index is -0.656. The Bertz CT molecular complexity index is 493. The molecule has 0 amide bonds. The highest BCUT2D eigenvalue weighted by atomic mass is 19.1. The smallest absolute Gasteiger partial charge is 0.169 e. The van der Waals surface area contributed by atoms with Gasteiger partial charge in [-0.25, -0.2) is 8.78 Å². The minimum absolute atomic E-state index is 0.164. The first-order chi connectivity index (χ1) is 8.24. The second kappa shape index (κ2) is 5.01. The zero-order chi connectivity index (χ0) is 12.3. The van der Waals surface area contributed by atoms with Crippen LogP contribution in [0.25, 0.3) is 11.4 Å². The summed E-state index contributed by atoms with van der Waals surface area (Å²) in [7, 11) is 1.55. The maximum atomic E-state index is 13.6. The van der Waals surface area contributed by atoms with Gasteiger partial charge in [0.05, 0.1) is 12.2 Å². The first kappa shape index (κ1) is 11.7. The summed E-state index contributed by atoms with van der Waals surface area (Å²) in [6.45, 7) is 0.855. The SMILES string of the molecule is COCCn1cnnc1-c1c(F)cccc1F. The van der Waals surface area contributed by atoms with Gasteiger partial charge in [-0.2, -0.15) is 0 Å². The van der Waals surface area contributed by atoms with Crippen molar-refractivity contribution in [2.24, 2.45) is 0 Å². The molecule has 0 fully saturated rings. The third kappa shape index (κ3) is 2.31. The summed E-state index contributed by atoms with van der Waals surface area (Å²) in [5.41, 5.74) is -0.166. The molecule has 6 heteroatoms. The van der Waals surface area contributed by atoms with E-state index in [-0.39, 0.29) is 11.4 Å². The average Bonchev–Trinajstić information content (AvgIpc) is 2.74. The van der Waals surface area contributed by atoms with Gasteiger partial charge in [0.25, 0.3) is 0 Å². The molecule has 0 saturated carbocycles. The number of nitrogens with zero attached hydrogens (tertiary/aromatic N) is 3. The van der Waals surface area contributed by atoms with Crippen LogP contribution in [-0.2, 0) is 11.3 Å². The van der Waals surface area contributed by atoms with Gasteiger partial charge in [-0.05, 0) is 12.1 Å². The summed E-state index contributed by atoms with van der Waals surface area (Å²) in [6, 6.07) is 3.69. The molecule has 0 radical (unpaired) electrons. The van der Waals surface area contributed by atoms with Crippen molar-refractivity contribution >= 4 is 0 Å². The van der Waals surface area contributed by atoms with Crippen molar-refractivity contribution in [2.75, 3.05) is 13.7 Å². The summed E-state index contributed by atoms with van der Waals surface area (Å²) < 4.78 is 33.6. The quantitative estimate of drug-likeness (QED) is 0.817. The lowest BCUT2D eigenvalue weighted by Crippen LogP contribution is -2.06. The van der Waals surface area contributed by atoms with Gasteiger partial charge < -0.3 is 9.30 Å². The molecule has 0 bridgehead atoms. The zero-order valence-corrected chi connectivity index (χ0v) is 9.23. The fourth-order valence-electron chi connectivity index (χ4n) is 1.51.